The van der Waals surface area contributed by atoms with E-state index >= 15 is 0 Å². The monoisotopic (exact) mass is 496 g/mol. The molecule has 0 fully saturated rings. The SMILES string of the molecule is COc1ccc(C(=O)Oc2ccc(C=NNC(=O)c3cnc(-c4ccccc4)nc3C)cc2)cc1OC. The van der Waals surface area contributed by atoms with Crippen molar-refractivity contribution in [1.82, 2.24) is 15.4 Å². The number of hydrogen-bond donors (Lipinski definition) is 1. The van der Waals surface area contributed by atoms with Gasteiger partial charge >= 0.3 is 5.97 Å². The quantitative estimate of drug-likeness (QED) is 0.166. The summed E-state index contributed by atoms with van der Waals surface area (Å²) in [5.41, 5.74) is 5.23. The maximum Gasteiger partial charge on any atom is 0.343 e. The summed E-state index contributed by atoms with van der Waals surface area (Å²) in [5.74, 6) is 0.887. The Morgan fingerprint density at radius 3 is 2.32 bits per heavy atom. The van der Waals surface area contributed by atoms with E-state index in [2.05, 4.69) is 20.5 Å². The Morgan fingerprint density at radius 2 is 1.65 bits per heavy atom. The summed E-state index contributed by atoms with van der Waals surface area (Å²) in [6.45, 7) is 1.74. The van der Waals surface area contributed by atoms with E-state index in [4.69, 9.17) is 14.2 Å². The molecule has 0 saturated carbocycles. The number of carbonyl (C=O) groups is 2. The fourth-order valence-corrected chi connectivity index (χ4v) is 3.39. The van der Waals surface area contributed by atoms with Gasteiger partial charge in [-0.1, -0.05) is 30.3 Å². The molecule has 0 aliphatic heterocycles. The van der Waals surface area contributed by atoms with E-state index < -0.39 is 11.9 Å². The first kappa shape index (κ1) is 25.1. The minimum absolute atomic E-state index is 0.321. The first-order valence-electron chi connectivity index (χ1n) is 11.2. The Morgan fingerprint density at radius 1 is 0.919 bits per heavy atom. The zero-order valence-electron chi connectivity index (χ0n) is 20.5. The fraction of sp³-hybridized carbons (Fsp3) is 0.107. The zero-order chi connectivity index (χ0) is 26.2. The molecule has 4 rings (SSSR count). The first-order valence-corrected chi connectivity index (χ1v) is 11.2. The Balaban J connectivity index is 1.35. The number of hydrogen-bond acceptors (Lipinski definition) is 8. The molecule has 1 aromatic heterocycles. The highest BCUT2D eigenvalue weighted by molar-refractivity contribution is 5.95. The topological polar surface area (TPSA) is 112 Å². The molecule has 4 aromatic rings. The molecule has 9 nitrogen and oxygen atoms in total. The second-order valence-electron chi connectivity index (χ2n) is 7.79. The van der Waals surface area contributed by atoms with Gasteiger partial charge in [-0.2, -0.15) is 5.10 Å². The zero-order valence-corrected chi connectivity index (χ0v) is 20.5. The number of nitrogens with zero attached hydrogens (tertiary/aromatic N) is 3. The number of amides is 1. The first-order chi connectivity index (χ1) is 18.0. The number of methoxy groups -OCH3 is 2. The highest BCUT2D eigenvalue weighted by Gasteiger charge is 2.14. The fourth-order valence-electron chi connectivity index (χ4n) is 3.39. The molecule has 3 aromatic carbocycles. The van der Waals surface area contributed by atoms with Crippen LogP contribution in [0.2, 0.25) is 0 Å². The molecular weight excluding hydrogens is 472 g/mol. The molecule has 0 aliphatic rings. The number of carbonyl (C=O) groups excluding carboxylic acids is 2. The third-order valence-electron chi connectivity index (χ3n) is 5.35. The molecule has 37 heavy (non-hydrogen) atoms. The van der Waals surface area contributed by atoms with Gasteiger partial charge < -0.3 is 14.2 Å². The summed E-state index contributed by atoms with van der Waals surface area (Å²) >= 11 is 0. The van der Waals surface area contributed by atoms with Crippen LogP contribution in [-0.2, 0) is 0 Å². The van der Waals surface area contributed by atoms with Gasteiger partial charge in [0.25, 0.3) is 5.91 Å². The predicted molar refractivity (Wildman–Crippen MR) is 138 cm³/mol. The van der Waals surface area contributed by atoms with Crippen molar-refractivity contribution in [3.63, 3.8) is 0 Å². The van der Waals surface area contributed by atoms with Crippen molar-refractivity contribution in [2.45, 2.75) is 6.92 Å². The van der Waals surface area contributed by atoms with Crippen molar-refractivity contribution < 1.29 is 23.8 Å². The van der Waals surface area contributed by atoms with Crippen LogP contribution >= 0.6 is 0 Å². The summed E-state index contributed by atoms with van der Waals surface area (Å²) in [6.07, 6.45) is 2.96. The number of benzene rings is 3. The van der Waals surface area contributed by atoms with Gasteiger partial charge in [-0.05, 0) is 55.0 Å². The molecule has 0 atom stereocenters. The number of esters is 1. The lowest BCUT2D eigenvalue weighted by atomic mass is 10.2. The molecule has 0 aliphatic carbocycles. The van der Waals surface area contributed by atoms with E-state index in [1.807, 2.05) is 30.3 Å². The van der Waals surface area contributed by atoms with E-state index in [1.54, 1.807) is 49.4 Å². The maximum atomic E-state index is 12.5. The van der Waals surface area contributed by atoms with Crippen LogP contribution in [0.15, 0.2) is 84.1 Å². The molecule has 1 N–H and O–H groups in total. The summed E-state index contributed by atoms with van der Waals surface area (Å²) < 4.78 is 15.8. The molecule has 0 spiro atoms. The standard InChI is InChI=1S/C28H24N4O5/c1-18-23(17-29-26(31-18)20-7-5-4-6-8-20)27(33)32-30-16-19-9-12-22(13-10-19)37-28(34)21-11-14-24(35-2)25(15-21)36-3/h4-17H,1-3H3,(H,32,33). The molecule has 0 bridgehead atoms. The third-order valence-corrected chi connectivity index (χ3v) is 5.35. The number of aromatic nitrogens is 2. The van der Waals surface area contributed by atoms with Crippen molar-refractivity contribution in [3.8, 4) is 28.6 Å². The Labute approximate surface area is 213 Å². The van der Waals surface area contributed by atoms with Gasteiger partial charge in [-0.3, -0.25) is 4.79 Å². The summed E-state index contributed by atoms with van der Waals surface area (Å²) in [6, 6.07) is 21.0. The van der Waals surface area contributed by atoms with E-state index in [0.717, 1.165) is 5.56 Å². The van der Waals surface area contributed by atoms with Crippen LogP contribution in [0.4, 0.5) is 0 Å². The van der Waals surface area contributed by atoms with Crippen LogP contribution in [0.3, 0.4) is 0 Å². The molecule has 9 heteroatoms. The second kappa shape index (κ2) is 11.6. The molecule has 0 radical (unpaired) electrons. The van der Waals surface area contributed by atoms with Crippen LogP contribution in [0, 0.1) is 6.92 Å². The molecular formula is C28H24N4O5. The number of rotatable bonds is 8. The van der Waals surface area contributed by atoms with Crippen molar-refractivity contribution in [2.75, 3.05) is 14.2 Å². The lowest BCUT2D eigenvalue weighted by Crippen LogP contribution is -2.19. The number of aryl methyl sites for hydroxylation is 1. The van der Waals surface area contributed by atoms with Crippen molar-refractivity contribution >= 4 is 18.1 Å². The summed E-state index contributed by atoms with van der Waals surface area (Å²) in [7, 11) is 3.01. The molecule has 1 heterocycles. The van der Waals surface area contributed by atoms with E-state index in [1.165, 1.54) is 26.6 Å². The minimum Gasteiger partial charge on any atom is -0.493 e. The van der Waals surface area contributed by atoms with Gasteiger partial charge in [-0.15, -0.1) is 0 Å². The van der Waals surface area contributed by atoms with Gasteiger partial charge in [-0.25, -0.2) is 20.2 Å². The molecule has 0 unspecified atom stereocenters. The lowest BCUT2D eigenvalue weighted by Gasteiger charge is -2.09. The number of nitrogens with one attached hydrogen (secondary N) is 1. The maximum absolute atomic E-state index is 12.5. The van der Waals surface area contributed by atoms with Gasteiger partial charge in [0.15, 0.2) is 17.3 Å². The smallest absolute Gasteiger partial charge is 0.343 e. The third kappa shape index (κ3) is 6.15. The van der Waals surface area contributed by atoms with Crippen LogP contribution in [0.1, 0.15) is 32.0 Å². The van der Waals surface area contributed by atoms with Crippen molar-refractivity contribution in [3.05, 3.63) is 101 Å². The summed E-state index contributed by atoms with van der Waals surface area (Å²) in [5, 5.41) is 4.00. The van der Waals surface area contributed by atoms with Gasteiger partial charge in [0.2, 0.25) is 0 Å². The molecule has 0 saturated heterocycles. The van der Waals surface area contributed by atoms with E-state index in [9.17, 15) is 9.59 Å². The highest BCUT2D eigenvalue weighted by Crippen LogP contribution is 2.28. The molecule has 1 amide bonds. The normalized spacial score (nSPS) is 10.7. The molecule has 186 valence electrons. The van der Waals surface area contributed by atoms with E-state index in [-0.39, 0.29) is 0 Å². The van der Waals surface area contributed by atoms with Crippen LogP contribution in [0.25, 0.3) is 11.4 Å². The van der Waals surface area contributed by atoms with Gasteiger partial charge in [0, 0.05) is 11.8 Å². The van der Waals surface area contributed by atoms with Gasteiger partial charge in [0.1, 0.15) is 5.75 Å². The largest absolute Gasteiger partial charge is 0.493 e. The number of hydrazone groups is 1. The van der Waals surface area contributed by atoms with Crippen LogP contribution in [-0.4, -0.2) is 42.3 Å². The highest BCUT2D eigenvalue weighted by atomic mass is 16.5. The Bertz CT molecular complexity index is 1440. The van der Waals surface area contributed by atoms with Crippen LogP contribution in [0.5, 0.6) is 17.2 Å². The Kier molecular flexibility index (Phi) is 7.85. The summed E-state index contributed by atoms with van der Waals surface area (Å²) in [4.78, 5) is 33.7. The lowest BCUT2D eigenvalue weighted by molar-refractivity contribution is 0.0734. The average molecular weight is 497 g/mol. The van der Waals surface area contributed by atoms with Crippen molar-refractivity contribution in [1.29, 1.82) is 0 Å². The average Bonchev–Trinajstić information content (AvgIpc) is 2.93. The van der Waals surface area contributed by atoms with Gasteiger partial charge in [0.05, 0.1) is 37.3 Å². The minimum atomic E-state index is -0.537. The predicted octanol–water partition coefficient (Wildman–Crippen LogP) is 4.45. The second-order valence-corrected chi connectivity index (χ2v) is 7.79. The number of ether oxygens (including phenoxy) is 3. The Hall–Kier alpha value is -5.05. The van der Waals surface area contributed by atoms with Crippen LogP contribution < -0.4 is 19.6 Å². The van der Waals surface area contributed by atoms with E-state index in [0.29, 0.717) is 45.5 Å². The van der Waals surface area contributed by atoms with Crippen molar-refractivity contribution in [2.24, 2.45) is 5.10 Å².